The lowest BCUT2D eigenvalue weighted by Gasteiger charge is -2.36. The van der Waals surface area contributed by atoms with Crippen molar-refractivity contribution in [2.24, 2.45) is 0 Å². The number of hydrogen-bond donors (Lipinski definition) is 0. The number of aryl methyl sites for hydroxylation is 1. The van der Waals surface area contributed by atoms with Gasteiger partial charge in [-0.05, 0) is 50.7 Å². The Labute approximate surface area is 141 Å². The molecule has 3 nitrogen and oxygen atoms in total. The largest absolute Gasteiger partial charge is 0.306 e. The Morgan fingerprint density at radius 1 is 1.21 bits per heavy atom. The number of hydrogen-bond acceptors (Lipinski definition) is 2. The summed E-state index contributed by atoms with van der Waals surface area (Å²) in [5.41, 5.74) is 3.51. The van der Waals surface area contributed by atoms with Crippen LogP contribution in [0.15, 0.2) is 42.5 Å². The zero-order chi connectivity index (χ0) is 16.8. The fraction of sp³-hybridized carbons (Fsp3) is 0.350. The van der Waals surface area contributed by atoms with Crippen LogP contribution in [0.1, 0.15) is 33.8 Å². The van der Waals surface area contributed by atoms with Crippen LogP contribution in [0.3, 0.4) is 0 Å². The number of likely N-dealkylation sites (tertiary alicyclic amines) is 1. The van der Waals surface area contributed by atoms with Crippen molar-refractivity contribution in [1.82, 2.24) is 4.90 Å². The van der Waals surface area contributed by atoms with Gasteiger partial charge >= 0.3 is 0 Å². The summed E-state index contributed by atoms with van der Waals surface area (Å²) in [5.74, 6) is -0.378. The lowest BCUT2D eigenvalue weighted by atomic mass is 9.88. The van der Waals surface area contributed by atoms with Gasteiger partial charge in [-0.25, -0.2) is 4.39 Å². The highest BCUT2D eigenvalue weighted by atomic mass is 19.1. The third-order valence-corrected chi connectivity index (χ3v) is 5.28. The predicted octanol–water partition coefficient (Wildman–Crippen LogP) is 3.58. The molecule has 0 saturated carbocycles. The number of anilines is 1. The summed E-state index contributed by atoms with van der Waals surface area (Å²) in [5, 5.41) is 0. The fourth-order valence-corrected chi connectivity index (χ4v) is 4.11. The van der Waals surface area contributed by atoms with E-state index in [0.717, 1.165) is 25.2 Å². The van der Waals surface area contributed by atoms with Crippen LogP contribution in [-0.2, 0) is 0 Å². The first kappa shape index (κ1) is 15.3. The van der Waals surface area contributed by atoms with Gasteiger partial charge in [0.2, 0.25) is 0 Å². The van der Waals surface area contributed by atoms with Gasteiger partial charge in [-0.2, -0.15) is 0 Å². The van der Waals surface area contributed by atoms with Gasteiger partial charge in [0, 0.05) is 24.2 Å². The van der Waals surface area contributed by atoms with Crippen molar-refractivity contribution >= 4 is 11.6 Å². The first-order valence-corrected chi connectivity index (χ1v) is 8.43. The minimum Gasteiger partial charge on any atom is -0.306 e. The Balaban J connectivity index is 1.81. The molecule has 0 spiro atoms. The molecule has 1 fully saturated rings. The lowest BCUT2D eigenvalue weighted by molar-refractivity contribution is 0.0961. The standard InChI is InChI=1S/C20H21FN2O/c1-13-7-8-18-15(11-13)16-12-22(2)10-9-19(16)23(18)20(24)14-5-3-4-6-17(14)21/h3-8,11,16,19H,9-10,12H2,1-2H3/t16-,19-/m0/s1. The molecule has 4 heteroatoms. The highest BCUT2D eigenvalue weighted by Gasteiger charge is 2.44. The van der Waals surface area contributed by atoms with E-state index < -0.39 is 5.82 Å². The maximum Gasteiger partial charge on any atom is 0.261 e. The summed E-state index contributed by atoms with van der Waals surface area (Å²) in [6, 6.07) is 12.6. The molecule has 0 N–H and O–H groups in total. The summed E-state index contributed by atoms with van der Waals surface area (Å²) in [6.07, 6.45) is 0.912. The van der Waals surface area contributed by atoms with Crippen molar-refractivity contribution < 1.29 is 9.18 Å². The predicted molar refractivity (Wildman–Crippen MR) is 93.0 cm³/mol. The smallest absolute Gasteiger partial charge is 0.261 e. The van der Waals surface area contributed by atoms with Gasteiger partial charge in [-0.3, -0.25) is 4.79 Å². The van der Waals surface area contributed by atoms with Gasteiger partial charge in [0.1, 0.15) is 5.82 Å². The van der Waals surface area contributed by atoms with Crippen molar-refractivity contribution in [3.05, 3.63) is 65.0 Å². The van der Waals surface area contributed by atoms with E-state index in [2.05, 4.69) is 24.9 Å². The van der Waals surface area contributed by atoms with Gasteiger partial charge in [0.05, 0.1) is 5.56 Å². The minimum absolute atomic E-state index is 0.116. The number of amides is 1. The van der Waals surface area contributed by atoms with Gasteiger partial charge in [-0.1, -0.05) is 29.8 Å². The van der Waals surface area contributed by atoms with E-state index >= 15 is 0 Å². The molecule has 0 radical (unpaired) electrons. The second kappa shape index (κ2) is 5.71. The number of nitrogens with zero attached hydrogens (tertiary/aromatic N) is 2. The highest BCUT2D eigenvalue weighted by molar-refractivity contribution is 6.08. The number of carbonyl (C=O) groups excluding carboxylic acids is 1. The SMILES string of the molecule is Cc1ccc2c(c1)[C@@H]1CN(C)CC[C@@H]1N2C(=O)c1ccccc1F. The first-order chi connectivity index (χ1) is 11.6. The summed E-state index contributed by atoms with van der Waals surface area (Å²) in [4.78, 5) is 17.3. The van der Waals surface area contributed by atoms with Crippen LogP contribution in [0.4, 0.5) is 10.1 Å². The molecule has 2 aliphatic heterocycles. The molecule has 2 atom stereocenters. The molecule has 2 aliphatic rings. The Morgan fingerprint density at radius 2 is 2.00 bits per heavy atom. The van der Waals surface area contributed by atoms with E-state index in [1.807, 2.05) is 17.0 Å². The Morgan fingerprint density at radius 3 is 2.79 bits per heavy atom. The molecule has 24 heavy (non-hydrogen) atoms. The number of benzene rings is 2. The van der Waals surface area contributed by atoms with Crippen LogP contribution < -0.4 is 4.90 Å². The first-order valence-electron chi connectivity index (χ1n) is 8.43. The molecule has 2 aromatic rings. The molecule has 0 unspecified atom stereocenters. The Hall–Kier alpha value is -2.20. The number of halogens is 1. The summed E-state index contributed by atoms with van der Waals surface area (Å²) < 4.78 is 14.2. The van der Waals surface area contributed by atoms with Crippen molar-refractivity contribution in [1.29, 1.82) is 0 Å². The average Bonchev–Trinajstić information content (AvgIpc) is 2.88. The van der Waals surface area contributed by atoms with E-state index in [4.69, 9.17) is 0 Å². The number of fused-ring (bicyclic) bond motifs is 3. The number of likely N-dealkylation sites (N-methyl/N-ethyl adjacent to an activating group) is 1. The molecule has 0 aromatic heterocycles. The second-order valence-corrected chi connectivity index (χ2v) is 6.94. The van der Waals surface area contributed by atoms with Gasteiger partial charge in [0.25, 0.3) is 5.91 Å². The number of rotatable bonds is 1. The van der Waals surface area contributed by atoms with E-state index in [1.54, 1.807) is 18.2 Å². The minimum atomic E-state index is -0.451. The van der Waals surface area contributed by atoms with E-state index in [-0.39, 0.29) is 17.5 Å². The van der Waals surface area contributed by atoms with Crippen LogP contribution in [0, 0.1) is 12.7 Å². The maximum atomic E-state index is 14.2. The van der Waals surface area contributed by atoms with E-state index in [1.165, 1.54) is 17.2 Å². The fourth-order valence-electron chi connectivity index (χ4n) is 4.11. The molecule has 124 valence electrons. The molecule has 0 bridgehead atoms. The maximum absolute atomic E-state index is 14.2. The Bertz CT molecular complexity index is 804. The van der Waals surface area contributed by atoms with Crippen molar-refractivity contribution in [2.45, 2.75) is 25.3 Å². The third kappa shape index (κ3) is 2.33. The topological polar surface area (TPSA) is 23.6 Å². The molecule has 2 heterocycles. The van der Waals surface area contributed by atoms with Crippen LogP contribution in [0.5, 0.6) is 0 Å². The Kier molecular flexibility index (Phi) is 3.65. The molecule has 1 amide bonds. The lowest BCUT2D eigenvalue weighted by Crippen LogP contribution is -2.47. The third-order valence-electron chi connectivity index (χ3n) is 5.28. The van der Waals surface area contributed by atoms with E-state index in [9.17, 15) is 9.18 Å². The highest BCUT2D eigenvalue weighted by Crippen LogP contribution is 2.45. The van der Waals surface area contributed by atoms with Crippen molar-refractivity contribution in [3.8, 4) is 0 Å². The molecule has 4 rings (SSSR count). The van der Waals surface area contributed by atoms with E-state index in [0.29, 0.717) is 5.92 Å². The quantitative estimate of drug-likeness (QED) is 0.800. The van der Waals surface area contributed by atoms with Gasteiger partial charge in [-0.15, -0.1) is 0 Å². The summed E-state index contributed by atoms with van der Waals surface area (Å²) in [6.45, 7) is 3.96. The van der Waals surface area contributed by atoms with Crippen LogP contribution in [0.25, 0.3) is 0 Å². The second-order valence-electron chi connectivity index (χ2n) is 6.94. The molecular formula is C20H21FN2O. The van der Waals surface area contributed by atoms with Crippen LogP contribution in [-0.4, -0.2) is 37.0 Å². The molecule has 1 saturated heterocycles. The number of carbonyl (C=O) groups is 1. The molecular weight excluding hydrogens is 303 g/mol. The number of piperidine rings is 1. The molecule has 2 aromatic carbocycles. The van der Waals surface area contributed by atoms with Crippen molar-refractivity contribution in [3.63, 3.8) is 0 Å². The van der Waals surface area contributed by atoms with Crippen LogP contribution in [0.2, 0.25) is 0 Å². The molecule has 0 aliphatic carbocycles. The van der Waals surface area contributed by atoms with Crippen LogP contribution >= 0.6 is 0 Å². The summed E-state index contributed by atoms with van der Waals surface area (Å²) in [7, 11) is 2.12. The zero-order valence-corrected chi connectivity index (χ0v) is 14.0. The summed E-state index contributed by atoms with van der Waals surface area (Å²) >= 11 is 0. The monoisotopic (exact) mass is 324 g/mol. The van der Waals surface area contributed by atoms with Gasteiger partial charge in [0.15, 0.2) is 0 Å². The normalized spacial score (nSPS) is 23.0. The average molecular weight is 324 g/mol. The van der Waals surface area contributed by atoms with Crippen molar-refractivity contribution in [2.75, 3.05) is 25.0 Å². The van der Waals surface area contributed by atoms with Gasteiger partial charge < -0.3 is 9.80 Å². The zero-order valence-electron chi connectivity index (χ0n) is 14.0.